The van der Waals surface area contributed by atoms with Crippen molar-refractivity contribution in [1.82, 2.24) is 5.32 Å². The molecule has 0 bridgehead atoms. The number of carbonyl (C=O) groups excluding carboxylic acids is 2. The highest BCUT2D eigenvalue weighted by atomic mass is 32.2. The zero-order valence-electron chi connectivity index (χ0n) is 21.9. The zero-order chi connectivity index (χ0) is 26.2. The zero-order valence-corrected chi connectivity index (χ0v) is 22.8. The number of hydrogen-bond donors (Lipinski definition) is 1. The Morgan fingerprint density at radius 3 is 2.36 bits per heavy atom. The summed E-state index contributed by atoms with van der Waals surface area (Å²) in [7, 11) is 1.70. The molecule has 0 aliphatic rings. The fourth-order valence-corrected chi connectivity index (χ4v) is 4.67. The number of fused-ring (bicyclic) bond motifs is 1. The molecule has 5 nitrogen and oxygen atoms in total. The highest BCUT2D eigenvalue weighted by Gasteiger charge is 2.22. The number of carbonyl (C=O) groups is 2. The van der Waals surface area contributed by atoms with Crippen LogP contribution in [-0.4, -0.2) is 43.6 Å². The summed E-state index contributed by atoms with van der Waals surface area (Å²) in [6.07, 6.45) is 4.60. The lowest BCUT2D eigenvalue weighted by Crippen LogP contribution is -2.42. The van der Waals surface area contributed by atoms with Crippen molar-refractivity contribution < 1.29 is 19.1 Å². The summed E-state index contributed by atoms with van der Waals surface area (Å²) in [5.41, 5.74) is 6.09. The first-order valence-electron chi connectivity index (χ1n) is 12.1. The Balaban J connectivity index is 1.78. The van der Waals surface area contributed by atoms with E-state index in [0.29, 0.717) is 12.0 Å². The molecule has 0 heterocycles. The molecule has 0 spiro atoms. The van der Waals surface area contributed by atoms with Crippen LogP contribution in [0.15, 0.2) is 48.5 Å². The minimum Gasteiger partial charge on any atom is -0.496 e. The number of thioether (sulfide) groups is 1. The second kappa shape index (κ2) is 12.6. The van der Waals surface area contributed by atoms with Gasteiger partial charge in [-0.05, 0) is 109 Å². The van der Waals surface area contributed by atoms with Gasteiger partial charge in [-0.1, -0.05) is 30.3 Å². The van der Waals surface area contributed by atoms with Crippen LogP contribution in [0.5, 0.6) is 5.75 Å². The number of rotatable bonds is 10. The molecule has 0 radical (unpaired) electrons. The topological polar surface area (TPSA) is 64.6 Å². The van der Waals surface area contributed by atoms with E-state index in [4.69, 9.17) is 9.47 Å². The van der Waals surface area contributed by atoms with Gasteiger partial charge in [0.25, 0.3) is 5.91 Å². The summed E-state index contributed by atoms with van der Waals surface area (Å²) >= 11 is 1.63. The normalized spacial score (nSPS) is 12.3. The van der Waals surface area contributed by atoms with Crippen molar-refractivity contribution in [2.45, 2.75) is 40.2 Å². The predicted molar refractivity (Wildman–Crippen MR) is 151 cm³/mol. The molecule has 3 rings (SSSR count). The van der Waals surface area contributed by atoms with E-state index < -0.39 is 12.0 Å². The van der Waals surface area contributed by atoms with E-state index in [1.165, 1.54) is 16.3 Å². The van der Waals surface area contributed by atoms with E-state index in [2.05, 4.69) is 56.4 Å². The van der Waals surface area contributed by atoms with Crippen LogP contribution in [0.25, 0.3) is 22.4 Å². The van der Waals surface area contributed by atoms with Gasteiger partial charge in [-0.2, -0.15) is 11.8 Å². The number of esters is 1. The molecule has 1 unspecified atom stereocenters. The Bertz CT molecular complexity index is 1260. The summed E-state index contributed by atoms with van der Waals surface area (Å²) in [5.74, 6) is 0.988. The van der Waals surface area contributed by atoms with Crippen LogP contribution in [0.2, 0.25) is 0 Å². The molecule has 0 aliphatic heterocycles. The average Bonchev–Trinajstić information content (AvgIpc) is 2.88. The molecular formula is C30H35NO4S. The van der Waals surface area contributed by atoms with Gasteiger partial charge in [0, 0.05) is 5.56 Å². The van der Waals surface area contributed by atoms with Gasteiger partial charge in [0.2, 0.25) is 0 Å². The fraction of sp³-hybridized carbons (Fsp3) is 0.333. The molecule has 0 saturated carbocycles. The van der Waals surface area contributed by atoms with Crippen LogP contribution in [-0.2, 0) is 9.53 Å². The van der Waals surface area contributed by atoms with E-state index >= 15 is 0 Å². The third-order valence-electron chi connectivity index (χ3n) is 6.28. The number of ether oxygens (including phenoxy) is 2. The molecule has 6 heteroatoms. The second-order valence-corrected chi connectivity index (χ2v) is 9.78. The predicted octanol–water partition coefficient (Wildman–Crippen LogP) is 6.44. The number of methoxy groups -OCH3 is 1. The third kappa shape index (κ3) is 6.49. The number of benzene rings is 3. The monoisotopic (exact) mass is 505 g/mol. The lowest BCUT2D eigenvalue weighted by atomic mass is 9.95. The van der Waals surface area contributed by atoms with Gasteiger partial charge in [-0.15, -0.1) is 0 Å². The average molecular weight is 506 g/mol. The van der Waals surface area contributed by atoms with Crippen LogP contribution in [0.1, 0.15) is 52.9 Å². The standard InChI is InChI=1S/C30H35NO4S/c1-7-35-30(33)27(14-15-36-6)31-29(32)23-10-8-22(9-11-23)16-19(2)24-12-13-25-21(4)28(34-5)17-20(3)26(25)18-24/h8-13,16-18,27H,7,14-15H2,1-6H3,(H,31,32)/b19-16+. The van der Waals surface area contributed by atoms with Crippen LogP contribution in [0.4, 0.5) is 0 Å². The second-order valence-electron chi connectivity index (χ2n) is 8.79. The quantitative estimate of drug-likeness (QED) is 0.254. The van der Waals surface area contributed by atoms with Crippen LogP contribution in [0, 0.1) is 13.8 Å². The van der Waals surface area contributed by atoms with Gasteiger partial charge in [0.1, 0.15) is 11.8 Å². The minimum absolute atomic E-state index is 0.280. The first-order valence-corrected chi connectivity index (χ1v) is 13.5. The summed E-state index contributed by atoms with van der Waals surface area (Å²) in [4.78, 5) is 25.0. The maximum absolute atomic E-state index is 12.8. The molecule has 1 atom stereocenters. The number of amides is 1. The van der Waals surface area contributed by atoms with E-state index in [1.54, 1.807) is 37.9 Å². The fourth-order valence-electron chi connectivity index (χ4n) is 4.20. The summed E-state index contributed by atoms with van der Waals surface area (Å²) in [5, 5.41) is 5.23. The highest BCUT2D eigenvalue weighted by molar-refractivity contribution is 7.98. The Morgan fingerprint density at radius 1 is 1.03 bits per heavy atom. The highest BCUT2D eigenvalue weighted by Crippen LogP contribution is 2.32. The Hall–Kier alpha value is -3.25. The van der Waals surface area contributed by atoms with Crippen molar-refractivity contribution in [2.24, 2.45) is 0 Å². The maximum atomic E-state index is 12.8. The van der Waals surface area contributed by atoms with Crippen molar-refractivity contribution in [3.05, 3.63) is 76.3 Å². The number of allylic oxidation sites excluding steroid dienone is 1. The Kier molecular flexibility index (Phi) is 9.59. The molecule has 36 heavy (non-hydrogen) atoms. The molecule has 1 N–H and O–H groups in total. The lowest BCUT2D eigenvalue weighted by molar-refractivity contribution is -0.145. The van der Waals surface area contributed by atoms with Crippen molar-refractivity contribution in [2.75, 3.05) is 25.7 Å². The number of nitrogens with one attached hydrogen (secondary N) is 1. The molecule has 190 valence electrons. The lowest BCUT2D eigenvalue weighted by Gasteiger charge is -2.17. The molecule has 1 amide bonds. The summed E-state index contributed by atoms with van der Waals surface area (Å²) in [6, 6.07) is 15.3. The van der Waals surface area contributed by atoms with Crippen LogP contribution >= 0.6 is 11.8 Å². The maximum Gasteiger partial charge on any atom is 0.328 e. The number of aryl methyl sites for hydroxylation is 2. The summed E-state index contributed by atoms with van der Waals surface area (Å²) < 4.78 is 10.6. The first-order chi connectivity index (χ1) is 17.3. The van der Waals surface area contributed by atoms with Crippen LogP contribution in [0.3, 0.4) is 0 Å². The molecule has 3 aromatic carbocycles. The summed E-state index contributed by atoms with van der Waals surface area (Å²) in [6.45, 7) is 8.32. The van der Waals surface area contributed by atoms with Crippen molar-refractivity contribution in [3.63, 3.8) is 0 Å². The minimum atomic E-state index is -0.647. The van der Waals surface area contributed by atoms with Gasteiger partial charge in [0.05, 0.1) is 13.7 Å². The van der Waals surface area contributed by atoms with E-state index in [1.807, 2.05) is 18.4 Å². The molecule has 0 saturated heterocycles. The molecular weight excluding hydrogens is 470 g/mol. The van der Waals surface area contributed by atoms with E-state index in [-0.39, 0.29) is 12.5 Å². The van der Waals surface area contributed by atoms with Gasteiger partial charge in [-0.3, -0.25) is 4.79 Å². The molecule has 0 fully saturated rings. The molecule has 0 aromatic heterocycles. The third-order valence-corrected chi connectivity index (χ3v) is 6.93. The van der Waals surface area contributed by atoms with Gasteiger partial charge >= 0.3 is 5.97 Å². The smallest absolute Gasteiger partial charge is 0.328 e. The van der Waals surface area contributed by atoms with Crippen molar-refractivity contribution >= 4 is 46.1 Å². The van der Waals surface area contributed by atoms with Gasteiger partial charge in [-0.25, -0.2) is 4.79 Å². The van der Waals surface area contributed by atoms with E-state index in [0.717, 1.165) is 33.8 Å². The molecule has 3 aromatic rings. The van der Waals surface area contributed by atoms with Crippen molar-refractivity contribution in [3.8, 4) is 5.75 Å². The Labute approximate surface area is 218 Å². The SMILES string of the molecule is CCOC(=O)C(CCSC)NC(=O)c1ccc(/C=C(\C)c2ccc3c(C)c(OC)cc(C)c3c2)cc1. The van der Waals surface area contributed by atoms with Crippen molar-refractivity contribution in [1.29, 1.82) is 0 Å². The largest absolute Gasteiger partial charge is 0.496 e. The molecule has 0 aliphatic carbocycles. The van der Waals surface area contributed by atoms with Crippen LogP contribution < -0.4 is 10.1 Å². The van der Waals surface area contributed by atoms with E-state index in [9.17, 15) is 9.59 Å². The number of hydrogen-bond acceptors (Lipinski definition) is 5. The first kappa shape index (κ1) is 27.3. The van der Waals surface area contributed by atoms with Gasteiger partial charge < -0.3 is 14.8 Å². The van der Waals surface area contributed by atoms with Gasteiger partial charge in [0.15, 0.2) is 0 Å². The Morgan fingerprint density at radius 2 is 1.72 bits per heavy atom.